The highest BCUT2D eigenvalue weighted by molar-refractivity contribution is 7.15. The molecule has 0 saturated carbocycles. The van der Waals surface area contributed by atoms with Crippen LogP contribution in [0.15, 0.2) is 24.3 Å². The van der Waals surface area contributed by atoms with Crippen LogP contribution in [0.4, 0.5) is 9.52 Å². The van der Waals surface area contributed by atoms with E-state index in [9.17, 15) is 4.39 Å². The number of hydrogen-bond donors (Lipinski definition) is 1. The SMILES string of the molecule is Cc1nnc(NC(C)c2ccccc2F)s1. The van der Waals surface area contributed by atoms with Gasteiger partial charge in [-0.05, 0) is 19.9 Å². The Morgan fingerprint density at radius 1 is 1.31 bits per heavy atom. The summed E-state index contributed by atoms with van der Waals surface area (Å²) in [5.41, 5.74) is 0.635. The molecule has 2 aromatic rings. The number of anilines is 1. The summed E-state index contributed by atoms with van der Waals surface area (Å²) >= 11 is 1.46. The number of nitrogens with one attached hydrogen (secondary N) is 1. The van der Waals surface area contributed by atoms with Gasteiger partial charge < -0.3 is 5.32 Å². The predicted molar refractivity (Wildman–Crippen MR) is 63.1 cm³/mol. The fourth-order valence-electron chi connectivity index (χ4n) is 1.44. The molecule has 2 rings (SSSR count). The highest BCUT2D eigenvalue weighted by Crippen LogP contribution is 2.23. The first kappa shape index (κ1) is 11.0. The molecule has 84 valence electrons. The second kappa shape index (κ2) is 4.57. The van der Waals surface area contributed by atoms with Crippen molar-refractivity contribution < 1.29 is 4.39 Å². The Morgan fingerprint density at radius 3 is 2.69 bits per heavy atom. The van der Waals surface area contributed by atoms with Gasteiger partial charge >= 0.3 is 0 Å². The standard InChI is InChI=1S/C11H12FN3S/c1-7(9-5-3-4-6-10(9)12)13-11-15-14-8(2)16-11/h3-7H,1-2H3,(H,13,15). The molecule has 5 heteroatoms. The fraction of sp³-hybridized carbons (Fsp3) is 0.273. The second-order valence-electron chi connectivity index (χ2n) is 3.51. The molecule has 1 N–H and O–H groups in total. The molecule has 0 aliphatic rings. The molecule has 16 heavy (non-hydrogen) atoms. The van der Waals surface area contributed by atoms with Gasteiger partial charge in [-0.25, -0.2) is 4.39 Å². The van der Waals surface area contributed by atoms with Crippen LogP contribution in [0.3, 0.4) is 0 Å². The van der Waals surface area contributed by atoms with Crippen LogP contribution in [-0.4, -0.2) is 10.2 Å². The maximum Gasteiger partial charge on any atom is 0.206 e. The summed E-state index contributed by atoms with van der Waals surface area (Å²) in [7, 11) is 0. The molecule has 0 saturated heterocycles. The van der Waals surface area contributed by atoms with Gasteiger partial charge in [-0.15, -0.1) is 10.2 Å². The Labute approximate surface area is 97.3 Å². The molecule has 0 aliphatic carbocycles. The van der Waals surface area contributed by atoms with Crippen LogP contribution in [0.5, 0.6) is 0 Å². The first-order valence-corrected chi connectivity index (χ1v) is 5.79. The molecule has 0 fully saturated rings. The molecule has 0 aliphatic heterocycles. The Bertz CT molecular complexity index is 484. The maximum absolute atomic E-state index is 13.5. The fourth-order valence-corrected chi connectivity index (χ4v) is 2.12. The first-order chi connectivity index (χ1) is 7.66. The number of hydrogen-bond acceptors (Lipinski definition) is 4. The molecule has 1 atom stereocenters. The zero-order chi connectivity index (χ0) is 11.5. The zero-order valence-electron chi connectivity index (χ0n) is 9.07. The summed E-state index contributed by atoms with van der Waals surface area (Å²) in [5.74, 6) is -0.205. The summed E-state index contributed by atoms with van der Waals surface area (Å²) in [6.07, 6.45) is 0. The Balaban J connectivity index is 2.14. The van der Waals surface area contributed by atoms with E-state index in [1.54, 1.807) is 12.1 Å². The molecule has 0 bridgehead atoms. The van der Waals surface area contributed by atoms with E-state index in [2.05, 4.69) is 15.5 Å². The van der Waals surface area contributed by atoms with Gasteiger partial charge in [0, 0.05) is 5.56 Å². The Hall–Kier alpha value is -1.49. The van der Waals surface area contributed by atoms with Crippen molar-refractivity contribution in [3.05, 3.63) is 40.7 Å². The number of rotatable bonds is 3. The Kier molecular flexibility index (Phi) is 3.14. The summed E-state index contributed by atoms with van der Waals surface area (Å²) < 4.78 is 13.5. The minimum absolute atomic E-state index is 0.117. The third kappa shape index (κ3) is 2.36. The maximum atomic E-state index is 13.5. The Morgan fingerprint density at radius 2 is 2.06 bits per heavy atom. The minimum Gasteiger partial charge on any atom is -0.353 e. The van der Waals surface area contributed by atoms with Gasteiger partial charge in [0.15, 0.2) is 0 Å². The summed E-state index contributed by atoms with van der Waals surface area (Å²) in [6.45, 7) is 3.78. The molecule has 0 amide bonds. The van der Waals surface area contributed by atoms with Crippen LogP contribution >= 0.6 is 11.3 Å². The van der Waals surface area contributed by atoms with Crippen molar-refractivity contribution in [1.82, 2.24) is 10.2 Å². The molecule has 1 aromatic carbocycles. The highest BCUT2D eigenvalue weighted by atomic mass is 32.1. The van der Waals surface area contributed by atoms with E-state index in [4.69, 9.17) is 0 Å². The molecular formula is C11H12FN3S. The number of aryl methyl sites for hydroxylation is 1. The molecule has 0 radical (unpaired) electrons. The van der Waals surface area contributed by atoms with E-state index < -0.39 is 0 Å². The smallest absolute Gasteiger partial charge is 0.206 e. The average molecular weight is 237 g/mol. The van der Waals surface area contributed by atoms with E-state index in [0.717, 1.165) is 5.01 Å². The van der Waals surface area contributed by atoms with Crippen molar-refractivity contribution in [1.29, 1.82) is 0 Å². The van der Waals surface area contributed by atoms with Crippen molar-refractivity contribution >= 4 is 16.5 Å². The van der Waals surface area contributed by atoms with Crippen molar-refractivity contribution in [3.8, 4) is 0 Å². The van der Waals surface area contributed by atoms with Crippen LogP contribution in [0, 0.1) is 12.7 Å². The summed E-state index contributed by atoms with van der Waals surface area (Å²) in [4.78, 5) is 0. The summed E-state index contributed by atoms with van der Waals surface area (Å²) in [5, 5.41) is 12.6. The van der Waals surface area contributed by atoms with Crippen molar-refractivity contribution in [2.45, 2.75) is 19.9 Å². The van der Waals surface area contributed by atoms with Crippen LogP contribution in [0.1, 0.15) is 23.5 Å². The van der Waals surface area contributed by atoms with Crippen molar-refractivity contribution in [3.63, 3.8) is 0 Å². The lowest BCUT2D eigenvalue weighted by atomic mass is 10.1. The van der Waals surface area contributed by atoms with Crippen LogP contribution in [0.25, 0.3) is 0 Å². The quantitative estimate of drug-likeness (QED) is 0.891. The predicted octanol–water partition coefficient (Wildman–Crippen LogP) is 3.16. The molecular weight excluding hydrogens is 225 g/mol. The second-order valence-corrected chi connectivity index (χ2v) is 4.70. The van der Waals surface area contributed by atoms with Gasteiger partial charge in [0.2, 0.25) is 5.13 Å². The van der Waals surface area contributed by atoms with Crippen LogP contribution < -0.4 is 5.32 Å². The van der Waals surface area contributed by atoms with Gasteiger partial charge in [0.05, 0.1) is 6.04 Å². The number of nitrogens with zero attached hydrogens (tertiary/aromatic N) is 2. The first-order valence-electron chi connectivity index (χ1n) is 4.98. The van der Waals surface area contributed by atoms with Crippen molar-refractivity contribution in [2.75, 3.05) is 5.32 Å². The average Bonchev–Trinajstić information content (AvgIpc) is 2.64. The zero-order valence-corrected chi connectivity index (χ0v) is 9.88. The highest BCUT2D eigenvalue weighted by Gasteiger charge is 2.11. The molecule has 3 nitrogen and oxygen atoms in total. The lowest BCUT2D eigenvalue weighted by Gasteiger charge is -2.13. The summed E-state index contributed by atoms with van der Waals surface area (Å²) in [6, 6.07) is 6.61. The van der Waals surface area contributed by atoms with Gasteiger partial charge in [0.1, 0.15) is 10.8 Å². The van der Waals surface area contributed by atoms with E-state index in [1.807, 2.05) is 19.9 Å². The van der Waals surface area contributed by atoms with E-state index >= 15 is 0 Å². The number of aromatic nitrogens is 2. The van der Waals surface area contributed by atoms with Crippen LogP contribution in [0.2, 0.25) is 0 Å². The van der Waals surface area contributed by atoms with Gasteiger partial charge in [-0.2, -0.15) is 0 Å². The van der Waals surface area contributed by atoms with Crippen molar-refractivity contribution in [2.24, 2.45) is 0 Å². The van der Waals surface area contributed by atoms with E-state index in [1.165, 1.54) is 17.4 Å². The number of benzene rings is 1. The largest absolute Gasteiger partial charge is 0.353 e. The van der Waals surface area contributed by atoms with Crippen LogP contribution in [-0.2, 0) is 0 Å². The van der Waals surface area contributed by atoms with Gasteiger partial charge in [-0.3, -0.25) is 0 Å². The molecule has 1 unspecified atom stereocenters. The lowest BCUT2D eigenvalue weighted by Crippen LogP contribution is -2.08. The third-order valence-corrected chi connectivity index (χ3v) is 3.01. The molecule has 1 heterocycles. The molecule has 1 aromatic heterocycles. The lowest BCUT2D eigenvalue weighted by molar-refractivity contribution is 0.600. The third-order valence-electron chi connectivity index (χ3n) is 2.24. The monoisotopic (exact) mass is 237 g/mol. The topological polar surface area (TPSA) is 37.8 Å². The van der Waals surface area contributed by atoms with E-state index in [0.29, 0.717) is 10.7 Å². The normalized spacial score (nSPS) is 12.4. The number of halogens is 1. The van der Waals surface area contributed by atoms with E-state index in [-0.39, 0.29) is 11.9 Å². The minimum atomic E-state index is -0.205. The molecule has 0 spiro atoms. The van der Waals surface area contributed by atoms with Gasteiger partial charge in [-0.1, -0.05) is 29.5 Å². The van der Waals surface area contributed by atoms with Gasteiger partial charge in [0.25, 0.3) is 0 Å².